The van der Waals surface area contributed by atoms with Gasteiger partial charge >= 0.3 is 12.1 Å². The molecule has 0 aliphatic carbocycles. The summed E-state index contributed by atoms with van der Waals surface area (Å²) in [7, 11) is 0. The number of H-pyrrole nitrogens is 1. The van der Waals surface area contributed by atoms with Crippen LogP contribution in [-0.4, -0.2) is 99.4 Å². The third kappa shape index (κ3) is 4.82. The minimum absolute atomic E-state index is 0.0355. The number of pyridine rings is 1. The van der Waals surface area contributed by atoms with Crippen molar-refractivity contribution < 1.29 is 32.2 Å². The molecule has 3 aromatic heterocycles. The molecule has 2 N–H and O–H groups in total. The maximum atomic E-state index is 16.9. The smallest absolute Gasteiger partial charge is 0.407 e. The highest BCUT2D eigenvalue weighted by Gasteiger charge is 2.49. The first-order valence-electron chi connectivity index (χ1n) is 15.6. The number of hydrogen-bond acceptors (Lipinski definition) is 10. The number of alkyl carbamates (subject to hydrolysis) is 1. The maximum absolute atomic E-state index is 16.9. The number of nitrogens with one attached hydrogen (secondary N) is 2. The van der Waals surface area contributed by atoms with Crippen LogP contribution >= 0.6 is 0 Å². The molecule has 5 aliphatic rings. The number of anilines is 1. The number of aromatic nitrogens is 5. The lowest BCUT2D eigenvalue weighted by Gasteiger charge is -2.41. The summed E-state index contributed by atoms with van der Waals surface area (Å²) in [6.07, 6.45) is 4.77. The summed E-state index contributed by atoms with van der Waals surface area (Å²) in [5.74, 6) is -1.48. The Labute approximate surface area is 261 Å². The number of halogens is 3. The number of benzene rings is 1. The van der Waals surface area contributed by atoms with E-state index in [0.717, 1.165) is 19.4 Å². The maximum Gasteiger partial charge on any atom is 0.407 e. The number of amides is 1. The Morgan fingerprint density at radius 2 is 1.96 bits per heavy atom. The standard InChI is InChI=1S/C31H33F3N8O4/c1-30-4-2-6-41(15-30)27-19-12-35-25(22-18-13-36-40-21(18)10-20(33)26(22)44-8-9-45-29(43)39-30)23(34)24(19)37-28(38-27)46-16-31-5-3-7-42(31)14-17(32)11-31/h10,12-13,17H,2-9,11,14-16H2,1H3,(H,36,40)(H,39,43)/t17-,30-,31+/m1/s1. The minimum Gasteiger partial charge on any atom is -0.486 e. The highest BCUT2D eigenvalue weighted by molar-refractivity contribution is 6.00. The number of fused-ring (bicyclic) bond motifs is 8. The van der Waals surface area contributed by atoms with Gasteiger partial charge in [0.25, 0.3) is 0 Å². The zero-order chi connectivity index (χ0) is 31.6. The second-order valence-corrected chi connectivity index (χ2v) is 13.0. The third-order valence-electron chi connectivity index (χ3n) is 9.73. The molecule has 9 rings (SSSR count). The molecule has 0 spiro atoms. The van der Waals surface area contributed by atoms with Crippen LogP contribution in [0.25, 0.3) is 33.1 Å². The highest BCUT2D eigenvalue weighted by atomic mass is 19.1. The van der Waals surface area contributed by atoms with E-state index in [0.29, 0.717) is 61.0 Å². The normalized spacial score (nSPS) is 26.7. The minimum atomic E-state index is -0.942. The first-order valence-corrected chi connectivity index (χ1v) is 15.6. The second kappa shape index (κ2) is 10.9. The van der Waals surface area contributed by atoms with Crippen molar-refractivity contribution in [1.29, 1.82) is 0 Å². The molecule has 3 atom stereocenters. The largest absolute Gasteiger partial charge is 0.486 e. The van der Waals surface area contributed by atoms with Gasteiger partial charge in [-0.1, -0.05) is 0 Å². The summed E-state index contributed by atoms with van der Waals surface area (Å²) < 4.78 is 64.2. The molecule has 3 saturated heterocycles. The van der Waals surface area contributed by atoms with Crippen molar-refractivity contribution >= 4 is 33.7 Å². The number of carbonyl (C=O) groups is 1. The van der Waals surface area contributed by atoms with Crippen LogP contribution in [0.2, 0.25) is 0 Å². The van der Waals surface area contributed by atoms with Gasteiger partial charge in [-0.2, -0.15) is 15.1 Å². The second-order valence-electron chi connectivity index (χ2n) is 13.0. The molecular formula is C31H33F3N8O4. The van der Waals surface area contributed by atoms with E-state index in [9.17, 15) is 9.18 Å². The number of carbonyl (C=O) groups excluding carboxylic acids is 1. The Balaban J connectivity index is 1.30. The molecule has 242 valence electrons. The molecule has 4 aromatic rings. The van der Waals surface area contributed by atoms with E-state index in [1.54, 1.807) is 0 Å². The highest BCUT2D eigenvalue weighted by Crippen LogP contribution is 2.43. The fourth-order valence-corrected chi connectivity index (χ4v) is 7.65. The van der Waals surface area contributed by atoms with Crippen LogP contribution < -0.4 is 19.7 Å². The lowest BCUT2D eigenvalue weighted by molar-refractivity contribution is 0.107. The number of ether oxygens (including phenoxy) is 3. The third-order valence-corrected chi connectivity index (χ3v) is 9.73. The van der Waals surface area contributed by atoms with Crippen LogP contribution in [0.3, 0.4) is 0 Å². The van der Waals surface area contributed by atoms with Gasteiger partial charge in [-0.3, -0.25) is 15.0 Å². The van der Waals surface area contributed by atoms with E-state index in [4.69, 9.17) is 19.2 Å². The molecule has 12 nitrogen and oxygen atoms in total. The summed E-state index contributed by atoms with van der Waals surface area (Å²) in [4.78, 5) is 30.7. The van der Waals surface area contributed by atoms with E-state index in [1.165, 1.54) is 18.5 Å². The number of aromatic amines is 1. The number of hydrogen-bond donors (Lipinski definition) is 2. The van der Waals surface area contributed by atoms with Crippen molar-refractivity contribution in [2.24, 2.45) is 0 Å². The fraction of sp³-hybridized carbons (Fsp3) is 0.516. The van der Waals surface area contributed by atoms with Crippen molar-refractivity contribution in [3.8, 4) is 23.0 Å². The molecular weight excluding hydrogens is 605 g/mol. The van der Waals surface area contributed by atoms with E-state index in [1.807, 2.05) is 11.8 Å². The molecule has 6 bridgehead atoms. The summed E-state index contributed by atoms with van der Waals surface area (Å²) in [5, 5.41) is 10.4. The molecule has 1 amide bonds. The number of rotatable bonds is 3. The first kappa shape index (κ1) is 29.0. The van der Waals surface area contributed by atoms with Gasteiger partial charge in [0.15, 0.2) is 17.4 Å². The number of piperidine rings is 1. The van der Waals surface area contributed by atoms with Crippen molar-refractivity contribution in [2.45, 2.75) is 56.3 Å². The quantitative estimate of drug-likeness (QED) is 0.335. The predicted molar refractivity (Wildman–Crippen MR) is 161 cm³/mol. The molecule has 1 aromatic carbocycles. The Kier molecular flexibility index (Phi) is 6.85. The van der Waals surface area contributed by atoms with E-state index >= 15 is 8.78 Å². The predicted octanol–water partition coefficient (Wildman–Crippen LogP) is 4.28. The molecule has 8 heterocycles. The summed E-state index contributed by atoms with van der Waals surface area (Å²) in [6.45, 7) is 3.76. The molecule has 5 aliphatic heterocycles. The van der Waals surface area contributed by atoms with Gasteiger partial charge < -0.3 is 24.4 Å². The first-order chi connectivity index (χ1) is 22.2. The fourth-order valence-electron chi connectivity index (χ4n) is 7.65. The van der Waals surface area contributed by atoms with Crippen LogP contribution in [0.1, 0.15) is 39.0 Å². The van der Waals surface area contributed by atoms with Crippen LogP contribution in [0.5, 0.6) is 11.8 Å². The van der Waals surface area contributed by atoms with E-state index < -0.39 is 35.0 Å². The lowest BCUT2D eigenvalue weighted by Crippen LogP contribution is -2.57. The molecule has 3 fully saturated rings. The van der Waals surface area contributed by atoms with Gasteiger partial charge in [0, 0.05) is 43.7 Å². The van der Waals surface area contributed by atoms with Crippen molar-refractivity contribution in [3.05, 3.63) is 30.1 Å². The number of alkyl halides is 1. The molecule has 0 saturated carbocycles. The van der Waals surface area contributed by atoms with Crippen LogP contribution in [-0.2, 0) is 4.74 Å². The Bertz CT molecular complexity index is 1860. The zero-order valence-corrected chi connectivity index (χ0v) is 25.2. The van der Waals surface area contributed by atoms with Crippen molar-refractivity contribution in [1.82, 2.24) is 35.4 Å². The van der Waals surface area contributed by atoms with Crippen LogP contribution in [0, 0.1) is 11.6 Å². The van der Waals surface area contributed by atoms with E-state index in [2.05, 4.69) is 30.4 Å². The molecule has 0 unspecified atom stereocenters. The summed E-state index contributed by atoms with van der Waals surface area (Å²) >= 11 is 0. The van der Waals surface area contributed by atoms with Gasteiger partial charge in [0.1, 0.15) is 43.0 Å². The van der Waals surface area contributed by atoms with Crippen LogP contribution in [0.4, 0.5) is 23.8 Å². The van der Waals surface area contributed by atoms with E-state index in [-0.39, 0.29) is 48.4 Å². The monoisotopic (exact) mass is 638 g/mol. The Hall–Kier alpha value is -4.40. The van der Waals surface area contributed by atoms with Gasteiger partial charge in [-0.05, 0) is 39.2 Å². The van der Waals surface area contributed by atoms with Gasteiger partial charge in [-0.15, -0.1) is 0 Å². The average molecular weight is 639 g/mol. The summed E-state index contributed by atoms with van der Waals surface area (Å²) in [6, 6.07) is 1.14. The molecule has 46 heavy (non-hydrogen) atoms. The van der Waals surface area contributed by atoms with Crippen molar-refractivity contribution in [3.63, 3.8) is 0 Å². The molecule has 15 heteroatoms. The topological polar surface area (TPSA) is 131 Å². The zero-order valence-electron chi connectivity index (χ0n) is 25.2. The lowest BCUT2D eigenvalue weighted by atomic mass is 9.91. The van der Waals surface area contributed by atoms with Gasteiger partial charge in [0.05, 0.1) is 33.7 Å². The Morgan fingerprint density at radius 1 is 1.11 bits per heavy atom. The summed E-state index contributed by atoms with van der Waals surface area (Å²) in [5.41, 5.74) is -1.09. The SMILES string of the molecule is C[C@@]12CCCN(C1)c1nc(OC[C@@]34CCCN3C[C@H](F)C4)nc3c(F)c(ncc13)-c1c(c(F)cc3[nH]ncc13)OCCOC(=O)N2. The average Bonchev–Trinajstić information content (AvgIpc) is 3.72. The van der Waals surface area contributed by atoms with Crippen LogP contribution in [0.15, 0.2) is 18.5 Å². The molecule has 0 radical (unpaired) electrons. The van der Waals surface area contributed by atoms with Gasteiger partial charge in [-0.25, -0.2) is 18.0 Å². The Morgan fingerprint density at radius 3 is 2.85 bits per heavy atom. The number of nitrogens with zero attached hydrogens (tertiary/aromatic N) is 6. The van der Waals surface area contributed by atoms with Gasteiger partial charge in [0.2, 0.25) is 0 Å². The van der Waals surface area contributed by atoms with Crippen molar-refractivity contribution in [2.75, 3.05) is 50.9 Å².